The van der Waals surface area contributed by atoms with Gasteiger partial charge in [0.2, 0.25) is 5.89 Å². The number of carboxylic acids is 1. The van der Waals surface area contributed by atoms with Crippen LogP contribution in [0.3, 0.4) is 0 Å². The predicted octanol–water partition coefficient (Wildman–Crippen LogP) is 5.99. The van der Waals surface area contributed by atoms with Crippen molar-refractivity contribution in [3.8, 4) is 28.3 Å². The molecule has 2 N–H and O–H groups in total. The molecule has 0 spiro atoms. The number of carbonyl (C=O) groups is 2. The van der Waals surface area contributed by atoms with Gasteiger partial charge in [-0.1, -0.05) is 24.3 Å². The first kappa shape index (κ1) is 28.4. The topological polar surface area (TPSA) is 124 Å². The van der Waals surface area contributed by atoms with Gasteiger partial charge in [0.1, 0.15) is 11.5 Å². The summed E-state index contributed by atoms with van der Waals surface area (Å²) < 4.78 is 17.1. The largest absolute Gasteiger partial charge is 0.493 e. The van der Waals surface area contributed by atoms with E-state index in [9.17, 15) is 9.59 Å². The Balaban J connectivity index is 1.38. The van der Waals surface area contributed by atoms with Crippen molar-refractivity contribution in [3.63, 3.8) is 0 Å². The highest BCUT2D eigenvalue weighted by molar-refractivity contribution is 5.68. The number of aliphatic carboxylic acids is 1. The Morgan fingerprint density at radius 1 is 1.00 bits per heavy atom. The van der Waals surface area contributed by atoms with Gasteiger partial charge in [-0.15, -0.1) is 0 Å². The van der Waals surface area contributed by atoms with E-state index in [4.69, 9.17) is 19.0 Å². The van der Waals surface area contributed by atoms with E-state index in [2.05, 4.69) is 15.3 Å². The number of benzene rings is 2. The number of rotatable bonds is 12. The fourth-order valence-corrected chi connectivity index (χ4v) is 4.15. The third-order valence-corrected chi connectivity index (χ3v) is 6.18. The summed E-state index contributed by atoms with van der Waals surface area (Å²) in [7, 11) is 0. The van der Waals surface area contributed by atoms with E-state index in [0.717, 1.165) is 39.3 Å². The number of ether oxygens (including phenoxy) is 2. The van der Waals surface area contributed by atoms with Gasteiger partial charge >= 0.3 is 12.1 Å². The van der Waals surface area contributed by atoms with Crippen LogP contribution in [0.25, 0.3) is 22.6 Å². The number of amides is 1. The van der Waals surface area contributed by atoms with Crippen LogP contribution in [0.4, 0.5) is 4.79 Å². The van der Waals surface area contributed by atoms with Crippen LogP contribution >= 0.6 is 0 Å². The Morgan fingerprint density at radius 3 is 2.48 bits per heavy atom. The van der Waals surface area contributed by atoms with Gasteiger partial charge in [-0.3, -0.25) is 9.78 Å². The lowest BCUT2D eigenvalue weighted by Crippen LogP contribution is -2.26. The molecule has 2 heterocycles. The summed E-state index contributed by atoms with van der Waals surface area (Å²) in [5.41, 5.74) is 5.39. The molecule has 0 aliphatic heterocycles. The SMILES string of the molecule is Cc1oc(-c2ccc(-c3cccnc3)cc2)nc1CCOc1ccc(CCC(=O)O)c(CNC(=O)OC(C)C)c1. The monoisotopic (exact) mass is 543 g/mol. The second-order valence-electron chi connectivity index (χ2n) is 9.57. The number of alkyl carbamates (subject to hydrolysis) is 1. The van der Waals surface area contributed by atoms with Gasteiger partial charge in [0, 0.05) is 37.3 Å². The average Bonchev–Trinajstić information content (AvgIpc) is 3.31. The fraction of sp³-hybridized carbons (Fsp3) is 0.290. The highest BCUT2D eigenvalue weighted by Gasteiger charge is 2.14. The van der Waals surface area contributed by atoms with Gasteiger partial charge in [0.05, 0.1) is 18.4 Å². The maximum Gasteiger partial charge on any atom is 0.407 e. The zero-order chi connectivity index (χ0) is 28.5. The molecule has 2 aromatic carbocycles. The van der Waals surface area contributed by atoms with Crippen molar-refractivity contribution in [3.05, 3.63) is 89.6 Å². The second kappa shape index (κ2) is 13.4. The molecule has 9 heteroatoms. The van der Waals surface area contributed by atoms with Gasteiger partial charge < -0.3 is 24.3 Å². The lowest BCUT2D eigenvalue weighted by molar-refractivity contribution is -0.136. The van der Waals surface area contributed by atoms with Crippen molar-refractivity contribution in [1.29, 1.82) is 0 Å². The molecule has 0 atom stereocenters. The van der Waals surface area contributed by atoms with Crippen LogP contribution in [-0.4, -0.2) is 39.8 Å². The van der Waals surface area contributed by atoms with Crippen molar-refractivity contribution >= 4 is 12.1 Å². The zero-order valence-corrected chi connectivity index (χ0v) is 22.8. The van der Waals surface area contributed by atoms with Crippen LogP contribution in [0.15, 0.2) is 71.4 Å². The minimum atomic E-state index is -0.884. The predicted molar refractivity (Wildman–Crippen MR) is 150 cm³/mol. The standard InChI is InChI=1S/C31H33N3O6/c1-20(2)39-31(37)33-19-26-17-27(12-10-23(26)11-13-29(35)36)38-16-14-28-21(3)40-30(34-28)24-8-6-22(7-9-24)25-5-4-15-32-18-25/h4-10,12,15,17-18,20H,11,13-14,16,19H2,1-3H3,(H,33,37)(H,35,36). The molecule has 9 nitrogen and oxygen atoms in total. The van der Waals surface area contributed by atoms with Gasteiger partial charge in [-0.05, 0) is 79.8 Å². The van der Waals surface area contributed by atoms with Crippen molar-refractivity contribution in [2.75, 3.05) is 6.61 Å². The molecule has 1 amide bonds. The molecular weight excluding hydrogens is 510 g/mol. The molecule has 2 aromatic heterocycles. The first-order chi connectivity index (χ1) is 19.3. The quantitative estimate of drug-likeness (QED) is 0.223. The van der Waals surface area contributed by atoms with Crippen LogP contribution in [0.1, 0.15) is 42.8 Å². The van der Waals surface area contributed by atoms with Crippen molar-refractivity contribution in [1.82, 2.24) is 15.3 Å². The van der Waals surface area contributed by atoms with Crippen LogP contribution in [-0.2, 0) is 28.9 Å². The summed E-state index contributed by atoms with van der Waals surface area (Å²) in [6.07, 6.45) is 3.67. The first-order valence-corrected chi connectivity index (χ1v) is 13.2. The number of hydrogen-bond acceptors (Lipinski definition) is 7. The summed E-state index contributed by atoms with van der Waals surface area (Å²) in [6, 6.07) is 17.4. The number of nitrogens with zero attached hydrogens (tertiary/aromatic N) is 2. The summed E-state index contributed by atoms with van der Waals surface area (Å²) in [5, 5.41) is 11.8. The molecule has 0 bridgehead atoms. The number of carbonyl (C=O) groups excluding carboxylic acids is 1. The molecule has 40 heavy (non-hydrogen) atoms. The Morgan fingerprint density at radius 2 is 1.77 bits per heavy atom. The number of carboxylic acid groups (broad SMARTS) is 1. The number of hydrogen-bond donors (Lipinski definition) is 2. The molecule has 208 valence electrons. The molecule has 0 fully saturated rings. The maximum atomic E-state index is 12.0. The van der Waals surface area contributed by atoms with E-state index < -0.39 is 12.1 Å². The fourth-order valence-electron chi connectivity index (χ4n) is 4.15. The number of pyridine rings is 1. The van der Waals surface area contributed by atoms with Crippen molar-refractivity contribution in [2.24, 2.45) is 0 Å². The van der Waals surface area contributed by atoms with Gasteiger partial charge in [0.15, 0.2) is 0 Å². The van der Waals surface area contributed by atoms with Gasteiger partial charge in [0.25, 0.3) is 0 Å². The molecule has 0 radical (unpaired) electrons. The van der Waals surface area contributed by atoms with Crippen molar-refractivity contribution < 1.29 is 28.6 Å². The normalized spacial score (nSPS) is 10.9. The summed E-state index contributed by atoms with van der Waals surface area (Å²) >= 11 is 0. The molecule has 0 unspecified atom stereocenters. The lowest BCUT2D eigenvalue weighted by Gasteiger charge is -2.14. The minimum Gasteiger partial charge on any atom is -0.493 e. The van der Waals surface area contributed by atoms with Gasteiger partial charge in [-0.25, -0.2) is 9.78 Å². The first-order valence-electron chi connectivity index (χ1n) is 13.2. The Hall–Kier alpha value is -4.66. The van der Waals surface area contributed by atoms with E-state index in [1.165, 1.54) is 0 Å². The zero-order valence-electron chi connectivity index (χ0n) is 22.8. The van der Waals surface area contributed by atoms with Crippen LogP contribution in [0.5, 0.6) is 5.75 Å². The van der Waals surface area contributed by atoms with Crippen LogP contribution in [0, 0.1) is 6.92 Å². The lowest BCUT2D eigenvalue weighted by atomic mass is 10.0. The summed E-state index contributed by atoms with van der Waals surface area (Å²) in [6.45, 7) is 5.98. The minimum absolute atomic E-state index is 0.0103. The molecule has 4 rings (SSSR count). The van der Waals surface area contributed by atoms with E-state index in [1.54, 1.807) is 26.1 Å². The number of nitrogens with one attached hydrogen (secondary N) is 1. The van der Waals surface area contributed by atoms with Gasteiger partial charge in [-0.2, -0.15) is 0 Å². The Labute approximate surface area is 233 Å². The van der Waals surface area contributed by atoms with Crippen LogP contribution < -0.4 is 10.1 Å². The van der Waals surface area contributed by atoms with Crippen LogP contribution in [0.2, 0.25) is 0 Å². The van der Waals surface area contributed by atoms with E-state index in [1.807, 2.05) is 61.7 Å². The molecule has 0 aliphatic rings. The number of aryl methyl sites for hydroxylation is 2. The third kappa shape index (κ3) is 7.92. The second-order valence-corrected chi connectivity index (χ2v) is 9.57. The summed E-state index contributed by atoms with van der Waals surface area (Å²) in [4.78, 5) is 31.9. The Kier molecular flexibility index (Phi) is 9.51. The van der Waals surface area contributed by atoms with E-state index >= 15 is 0 Å². The van der Waals surface area contributed by atoms with E-state index in [-0.39, 0.29) is 19.1 Å². The highest BCUT2D eigenvalue weighted by Crippen LogP contribution is 2.26. The van der Waals surface area contributed by atoms with Crippen molar-refractivity contribution in [2.45, 2.75) is 52.7 Å². The summed E-state index contributed by atoms with van der Waals surface area (Å²) in [5.74, 6) is 1.01. The smallest absolute Gasteiger partial charge is 0.407 e. The molecule has 4 aromatic rings. The average molecular weight is 544 g/mol. The number of oxazole rings is 1. The molecule has 0 saturated carbocycles. The molecular formula is C31H33N3O6. The number of aromatic nitrogens is 2. The third-order valence-electron chi connectivity index (χ3n) is 6.18. The highest BCUT2D eigenvalue weighted by atomic mass is 16.6. The Bertz CT molecular complexity index is 1430. The maximum absolute atomic E-state index is 12.0. The molecule has 0 aliphatic carbocycles. The van der Waals surface area contributed by atoms with E-state index in [0.29, 0.717) is 31.1 Å². The molecule has 0 saturated heterocycles.